The van der Waals surface area contributed by atoms with E-state index in [1.165, 1.54) is 0 Å². The van der Waals surface area contributed by atoms with E-state index in [9.17, 15) is 29.7 Å². The quantitative estimate of drug-likeness (QED) is 0.470. The van der Waals surface area contributed by atoms with Crippen LogP contribution in [0.2, 0.25) is 0 Å². The number of carbonyl (C=O) groups is 3. The summed E-state index contributed by atoms with van der Waals surface area (Å²) in [7, 11) is 0. The molecule has 14 heavy (non-hydrogen) atoms. The summed E-state index contributed by atoms with van der Waals surface area (Å²) in [5.41, 5.74) is -2.97. The van der Waals surface area contributed by atoms with Crippen LogP contribution in [0.3, 0.4) is 0 Å². The Labute approximate surface area is 93.2 Å². The average Bonchev–Trinajstić information content (AvgIpc) is 1.82. The smallest absolute Gasteiger partial charge is 0.550 e. The molecule has 0 aromatic carbocycles. The molecule has 1 N–H and O–H groups in total. The van der Waals surface area contributed by atoms with Gasteiger partial charge >= 0.3 is 21.7 Å². The molecule has 0 aliphatic heterocycles. The van der Waals surface area contributed by atoms with Crippen molar-refractivity contribution in [3.05, 3.63) is 0 Å². The maximum atomic E-state index is 10.1. The fourth-order valence-electron chi connectivity index (χ4n) is 0.684. The molecule has 75 valence electrons. The molecule has 0 fully saturated rings. The fourth-order valence-corrected chi connectivity index (χ4v) is 0.684. The van der Waals surface area contributed by atoms with Crippen molar-refractivity contribution in [2.75, 3.05) is 0 Å². The zero-order valence-corrected chi connectivity index (χ0v) is 8.37. The van der Waals surface area contributed by atoms with Crippen molar-refractivity contribution in [3.63, 3.8) is 0 Å². The van der Waals surface area contributed by atoms with Gasteiger partial charge in [-0.2, -0.15) is 0 Å². The molecule has 1 radical (unpaired) electrons. The van der Waals surface area contributed by atoms with Gasteiger partial charge in [-0.3, -0.25) is 0 Å². The fraction of sp³-hybridized carbons (Fsp3) is 0.500. The van der Waals surface area contributed by atoms with Crippen LogP contribution in [0.5, 0.6) is 0 Å². The summed E-state index contributed by atoms with van der Waals surface area (Å²) in [6.07, 6.45) is -2.72. The predicted molar refractivity (Wildman–Crippen MR) is 29.2 cm³/mol. The number of aliphatic carboxylic acids is 3. The molecule has 0 aliphatic rings. The third-order valence-corrected chi connectivity index (χ3v) is 1.25. The molecule has 7 nitrogen and oxygen atoms in total. The van der Waals surface area contributed by atoms with Gasteiger partial charge in [0.2, 0.25) is 0 Å². The normalized spacial score (nSPS) is 10.1. The molecular formula is C6H5O7Ti. The van der Waals surface area contributed by atoms with Gasteiger partial charge in [0.25, 0.3) is 0 Å². The number of hydrogen-bond acceptors (Lipinski definition) is 7. The van der Waals surface area contributed by atoms with Crippen molar-refractivity contribution in [2.24, 2.45) is 0 Å². The first-order valence-corrected chi connectivity index (χ1v) is 3.11. The van der Waals surface area contributed by atoms with Gasteiger partial charge in [-0.15, -0.1) is 0 Å². The van der Waals surface area contributed by atoms with E-state index in [1.54, 1.807) is 0 Å². The second-order valence-corrected chi connectivity index (χ2v) is 2.42. The van der Waals surface area contributed by atoms with Crippen molar-refractivity contribution in [3.8, 4) is 0 Å². The van der Waals surface area contributed by atoms with Gasteiger partial charge in [0.15, 0.2) is 0 Å². The Hall–Kier alpha value is -0.916. The minimum Gasteiger partial charge on any atom is -0.550 e. The molecule has 0 heterocycles. The number of carboxylic acid groups (broad SMARTS) is 3. The van der Waals surface area contributed by atoms with E-state index >= 15 is 0 Å². The molecule has 0 aromatic rings. The average molecular weight is 237 g/mol. The van der Waals surface area contributed by atoms with E-state index in [-0.39, 0.29) is 21.7 Å². The third kappa shape index (κ3) is 4.95. The first-order valence-electron chi connectivity index (χ1n) is 3.11. The molecule has 0 bridgehead atoms. The van der Waals surface area contributed by atoms with Crippen LogP contribution in [-0.2, 0) is 36.1 Å². The van der Waals surface area contributed by atoms with Gasteiger partial charge in [0.1, 0.15) is 5.60 Å². The van der Waals surface area contributed by atoms with Gasteiger partial charge in [0.05, 0.1) is 5.97 Å². The first-order chi connectivity index (χ1) is 5.78. The molecule has 0 rings (SSSR count). The molecule has 0 spiro atoms. The molecule has 0 aromatic heterocycles. The maximum Gasteiger partial charge on any atom is 3.00 e. The second-order valence-electron chi connectivity index (χ2n) is 2.42. The van der Waals surface area contributed by atoms with Crippen LogP contribution >= 0.6 is 0 Å². The minimum absolute atomic E-state index is 0. The molecule has 8 heteroatoms. The number of carbonyl (C=O) groups excluding carboxylic acids is 3. The van der Waals surface area contributed by atoms with Crippen LogP contribution in [0.4, 0.5) is 0 Å². The Bertz CT molecular complexity index is 233. The van der Waals surface area contributed by atoms with Crippen LogP contribution < -0.4 is 15.3 Å². The topological polar surface area (TPSA) is 141 Å². The number of hydrogen-bond donors (Lipinski definition) is 1. The van der Waals surface area contributed by atoms with E-state index in [0.29, 0.717) is 0 Å². The van der Waals surface area contributed by atoms with E-state index in [1.807, 2.05) is 0 Å². The van der Waals surface area contributed by atoms with Crippen molar-refractivity contribution >= 4 is 17.9 Å². The van der Waals surface area contributed by atoms with Crippen LogP contribution in [-0.4, -0.2) is 28.6 Å². The second kappa shape index (κ2) is 5.74. The van der Waals surface area contributed by atoms with Crippen molar-refractivity contribution in [1.29, 1.82) is 0 Å². The molecule has 0 aliphatic carbocycles. The van der Waals surface area contributed by atoms with Gasteiger partial charge in [0, 0.05) is 24.8 Å². The summed E-state index contributed by atoms with van der Waals surface area (Å²) in [5, 5.41) is 38.9. The number of rotatable bonds is 5. The molecule has 0 unspecified atom stereocenters. The summed E-state index contributed by atoms with van der Waals surface area (Å²) < 4.78 is 0. The van der Waals surface area contributed by atoms with Crippen LogP contribution in [0, 0.1) is 0 Å². The maximum absolute atomic E-state index is 10.1. The third-order valence-electron chi connectivity index (χ3n) is 1.25. The molecule has 0 saturated heterocycles. The SMILES string of the molecule is O=C([O-])CC(O)(CC(=O)[O-])C(=O)[O-].[Ti+3]. The van der Waals surface area contributed by atoms with Crippen molar-refractivity contribution in [1.82, 2.24) is 0 Å². The van der Waals surface area contributed by atoms with Crippen LogP contribution in [0.1, 0.15) is 12.8 Å². The van der Waals surface area contributed by atoms with Crippen molar-refractivity contribution < 1.29 is 56.5 Å². The van der Waals surface area contributed by atoms with E-state index in [0.717, 1.165) is 0 Å². The van der Waals surface area contributed by atoms with Crippen molar-refractivity contribution in [2.45, 2.75) is 18.4 Å². The summed E-state index contributed by atoms with van der Waals surface area (Å²) in [4.78, 5) is 30.0. The van der Waals surface area contributed by atoms with E-state index < -0.39 is 36.4 Å². The van der Waals surface area contributed by atoms with E-state index in [2.05, 4.69) is 0 Å². The van der Waals surface area contributed by atoms with E-state index in [4.69, 9.17) is 5.11 Å². The number of aliphatic hydroxyl groups is 1. The Morgan fingerprint density at radius 2 is 1.29 bits per heavy atom. The van der Waals surface area contributed by atoms with Gasteiger partial charge in [-0.1, -0.05) is 0 Å². The molecule has 0 saturated carbocycles. The largest absolute Gasteiger partial charge is 3.00 e. The number of carboxylic acids is 3. The Morgan fingerprint density at radius 1 is 1.00 bits per heavy atom. The first kappa shape index (κ1) is 15.6. The predicted octanol–water partition coefficient (Wildman–Crippen LogP) is -5.26. The van der Waals surface area contributed by atoms with Crippen LogP contribution in [0.15, 0.2) is 0 Å². The Morgan fingerprint density at radius 3 is 1.43 bits per heavy atom. The summed E-state index contributed by atoms with van der Waals surface area (Å²) >= 11 is 0. The van der Waals surface area contributed by atoms with Crippen LogP contribution in [0.25, 0.3) is 0 Å². The Kier molecular flexibility index (Phi) is 6.38. The monoisotopic (exact) mass is 237 g/mol. The summed E-state index contributed by atoms with van der Waals surface area (Å²) in [5.74, 6) is -5.98. The molecule has 0 atom stereocenters. The Balaban J connectivity index is 0. The zero-order chi connectivity index (χ0) is 10.6. The molecular weight excluding hydrogens is 232 g/mol. The van der Waals surface area contributed by atoms with Gasteiger partial charge < -0.3 is 34.8 Å². The minimum atomic E-state index is -2.97. The van der Waals surface area contributed by atoms with Gasteiger partial charge in [-0.25, -0.2) is 0 Å². The van der Waals surface area contributed by atoms with Gasteiger partial charge in [-0.05, 0) is 0 Å². The summed E-state index contributed by atoms with van der Waals surface area (Å²) in [6.45, 7) is 0. The molecule has 0 amide bonds. The standard InChI is InChI=1S/C6H8O7.Ti/c7-3(8)1-6(13,5(11)12)2-4(9)10;/h13H,1-2H2,(H,7,8)(H,9,10)(H,11,12);/q;+3/p-3. The summed E-state index contributed by atoms with van der Waals surface area (Å²) in [6, 6.07) is 0. The zero-order valence-electron chi connectivity index (χ0n) is 6.81.